The van der Waals surface area contributed by atoms with Crippen LogP contribution < -0.4 is 0 Å². The van der Waals surface area contributed by atoms with Gasteiger partial charge in [-0.15, -0.1) is 0 Å². The van der Waals surface area contributed by atoms with E-state index in [4.69, 9.17) is 37.0 Å². The molecular weight excluding hydrogens is 1310 g/mol. The zero-order chi connectivity index (χ0) is 73.2. The minimum absolute atomic E-state index is 0.0168. The van der Waals surface area contributed by atoms with Gasteiger partial charge in [-0.25, -0.2) is 9.13 Å². The number of hydrogen-bond donors (Lipinski definition) is 3. The Morgan fingerprint density at radius 2 is 0.560 bits per heavy atom. The second kappa shape index (κ2) is 71.8. The van der Waals surface area contributed by atoms with Gasteiger partial charge in [-0.1, -0.05) is 268 Å². The second-order valence-electron chi connectivity index (χ2n) is 24.1. The fourth-order valence-corrected chi connectivity index (χ4v) is 10.7. The van der Waals surface area contributed by atoms with Crippen molar-refractivity contribution in [2.24, 2.45) is 0 Å². The van der Waals surface area contributed by atoms with Crippen LogP contribution >= 0.6 is 15.6 Å². The summed E-state index contributed by atoms with van der Waals surface area (Å²) in [5.41, 5.74) is 0. The fourth-order valence-electron chi connectivity index (χ4n) is 9.13. The minimum atomic E-state index is -5.01. The van der Waals surface area contributed by atoms with Gasteiger partial charge in [-0.05, 0) is 135 Å². The van der Waals surface area contributed by atoms with Gasteiger partial charge in [-0.3, -0.25) is 37.3 Å². The minimum Gasteiger partial charge on any atom is -0.462 e. The summed E-state index contributed by atoms with van der Waals surface area (Å²) in [5.74, 6) is -2.42. The van der Waals surface area contributed by atoms with Crippen molar-refractivity contribution in [2.45, 2.75) is 277 Å². The summed E-state index contributed by atoms with van der Waals surface area (Å²) in [5, 5.41) is 10.6. The summed E-state index contributed by atoms with van der Waals surface area (Å²) < 4.78 is 68.2. The first-order chi connectivity index (χ1) is 48.7. The van der Waals surface area contributed by atoms with Gasteiger partial charge in [0.05, 0.1) is 32.8 Å². The van der Waals surface area contributed by atoms with Gasteiger partial charge in [0.1, 0.15) is 19.3 Å². The molecule has 19 heteroatoms. The summed E-state index contributed by atoms with van der Waals surface area (Å²) in [6.07, 6.45) is 83.9. The van der Waals surface area contributed by atoms with Crippen molar-refractivity contribution in [3.63, 3.8) is 0 Å². The fraction of sp³-hybridized carbons (Fsp3) is 0.605. The lowest BCUT2D eigenvalue weighted by Crippen LogP contribution is -2.30. The number of esters is 4. The SMILES string of the molecule is CC/C=C\C/C=C\C/C=C\C/C=C\C/C=C\CCCCCC(=O)OCC(COP(=O)(O)OCC(O)COP(=O)(O)OCC(COC(=O)C/C=C\C/C=C\C/C=C\C/C=C\C/C=C\CC)OC(=O)CCCC/C=C\C/C=C\C/C=C\C/C=C\CC)OC(=O)CCCCCCCCCCCCC. The smallest absolute Gasteiger partial charge is 0.462 e. The van der Waals surface area contributed by atoms with Gasteiger partial charge < -0.3 is 33.8 Å². The standard InChI is InChI=1S/C81H130O17P2/c1-5-9-13-17-21-25-29-32-35-36-37-38-41-43-47-50-54-58-62-66-79(84)91-71-76(97-80(85)67-63-59-55-51-45-28-24-20-16-12-8-4)73-95-99(87,88)93-69-75(82)70-94-100(89,90)96-74-77(98-81(86)68-64-60-56-52-48-44-40-34-31-27-23-19-15-11-7-3)72-92-78(83)65-61-57-53-49-46-42-39-33-30-26-22-18-14-10-6-2/h9-11,13-15,21-23,25-27,32-35,37-40,43,46-49,52,57,61,75-77,82H,5-8,12,16-20,24,28-31,36,41-42,44-45,50-51,53-56,58-60,62-74H2,1-4H3,(H,87,88)(H,89,90)/b13-9-,14-10-,15-11-,25-21-,26-22-,27-23-,35-32-,38-37-,39-33-,40-34-,47-43-,49-46-,52-48-,61-57-. The van der Waals surface area contributed by atoms with Crippen LogP contribution in [0.3, 0.4) is 0 Å². The molecule has 0 saturated heterocycles. The number of carbonyl (C=O) groups is 4. The molecule has 17 nitrogen and oxygen atoms in total. The van der Waals surface area contributed by atoms with E-state index in [9.17, 15) is 43.2 Å². The van der Waals surface area contributed by atoms with Crippen molar-refractivity contribution in [3.8, 4) is 0 Å². The maximum atomic E-state index is 13.1. The van der Waals surface area contributed by atoms with Crippen LogP contribution in [-0.2, 0) is 65.4 Å². The number of hydrogen-bond acceptors (Lipinski definition) is 15. The van der Waals surface area contributed by atoms with Gasteiger partial charge >= 0.3 is 39.5 Å². The Hall–Kier alpha value is -5.58. The molecule has 5 atom stereocenters. The zero-order valence-electron chi connectivity index (χ0n) is 61.5. The molecule has 0 aromatic carbocycles. The molecule has 0 aliphatic carbocycles. The highest BCUT2D eigenvalue weighted by Crippen LogP contribution is 2.45. The number of aliphatic hydroxyl groups is 1. The molecule has 0 rings (SSSR count). The van der Waals surface area contributed by atoms with Crippen molar-refractivity contribution in [1.82, 2.24) is 0 Å². The van der Waals surface area contributed by atoms with Gasteiger partial charge in [-0.2, -0.15) is 0 Å². The number of unbranched alkanes of at least 4 members (excludes halogenated alkanes) is 15. The average molecular weight is 1440 g/mol. The Morgan fingerprint density at radius 3 is 0.910 bits per heavy atom. The Bertz CT molecular complexity index is 2570. The van der Waals surface area contributed by atoms with E-state index in [0.29, 0.717) is 32.1 Å². The van der Waals surface area contributed by atoms with Gasteiger partial charge in [0.2, 0.25) is 0 Å². The summed E-state index contributed by atoms with van der Waals surface area (Å²) >= 11 is 0. The number of ether oxygens (including phenoxy) is 4. The second-order valence-corrected chi connectivity index (χ2v) is 27.0. The highest BCUT2D eigenvalue weighted by Gasteiger charge is 2.30. The van der Waals surface area contributed by atoms with E-state index in [1.54, 1.807) is 6.08 Å². The maximum Gasteiger partial charge on any atom is 0.472 e. The molecule has 100 heavy (non-hydrogen) atoms. The first kappa shape index (κ1) is 94.4. The van der Waals surface area contributed by atoms with Crippen LogP contribution in [0.4, 0.5) is 0 Å². The molecule has 0 fully saturated rings. The van der Waals surface area contributed by atoms with E-state index in [0.717, 1.165) is 135 Å². The molecule has 0 spiro atoms. The number of allylic oxidation sites excluding steroid dienone is 27. The van der Waals surface area contributed by atoms with Gasteiger partial charge in [0.15, 0.2) is 12.2 Å². The molecule has 0 bridgehead atoms. The normalized spacial score (nSPS) is 14.9. The number of rotatable bonds is 68. The third-order valence-electron chi connectivity index (χ3n) is 14.7. The third kappa shape index (κ3) is 70.8. The lowest BCUT2D eigenvalue weighted by atomic mass is 10.1. The van der Waals surface area contributed by atoms with E-state index >= 15 is 0 Å². The zero-order valence-corrected chi connectivity index (χ0v) is 63.3. The number of carbonyl (C=O) groups excluding carboxylic acids is 4. The van der Waals surface area contributed by atoms with E-state index in [-0.39, 0.29) is 25.7 Å². The number of aliphatic hydroxyl groups excluding tert-OH is 1. The van der Waals surface area contributed by atoms with E-state index in [1.807, 2.05) is 24.3 Å². The van der Waals surface area contributed by atoms with Crippen LogP contribution in [0, 0.1) is 0 Å². The molecule has 0 amide bonds. The highest BCUT2D eigenvalue weighted by molar-refractivity contribution is 7.47. The molecule has 0 aromatic rings. The van der Waals surface area contributed by atoms with E-state index in [1.165, 1.54) is 38.5 Å². The molecule has 5 unspecified atom stereocenters. The summed E-state index contributed by atoms with van der Waals surface area (Å²) in [7, 11) is -10.0. The van der Waals surface area contributed by atoms with Crippen molar-refractivity contribution < 1.29 is 80.2 Å². The number of phosphoric acid groups is 2. The molecule has 0 saturated carbocycles. The molecule has 566 valence electrons. The van der Waals surface area contributed by atoms with Crippen LogP contribution in [0.2, 0.25) is 0 Å². The Morgan fingerprint density at radius 1 is 0.300 bits per heavy atom. The van der Waals surface area contributed by atoms with Crippen molar-refractivity contribution in [1.29, 1.82) is 0 Å². The molecule has 0 aliphatic heterocycles. The van der Waals surface area contributed by atoms with Crippen LogP contribution in [-0.4, -0.2) is 96.7 Å². The molecule has 0 aromatic heterocycles. The quantitative estimate of drug-likeness (QED) is 0.0169. The summed E-state index contributed by atoms with van der Waals surface area (Å²) in [6.45, 7) is 4.28. The highest BCUT2D eigenvalue weighted by atomic mass is 31.2. The summed E-state index contributed by atoms with van der Waals surface area (Å²) in [4.78, 5) is 72.7. The van der Waals surface area contributed by atoms with Crippen molar-refractivity contribution >= 4 is 39.5 Å². The Kier molecular flexibility index (Phi) is 67.8. The van der Waals surface area contributed by atoms with Crippen LogP contribution in [0.1, 0.15) is 259 Å². The van der Waals surface area contributed by atoms with Crippen LogP contribution in [0.15, 0.2) is 170 Å². The molecule has 0 radical (unpaired) electrons. The molecule has 0 aliphatic rings. The van der Waals surface area contributed by atoms with E-state index in [2.05, 4.69) is 167 Å². The lowest BCUT2D eigenvalue weighted by Gasteiger charge is -2.21. The van der Waals surface area contributed by atoms with Crippen LogP contribution in [0.5, 0.6) is 0 Å². The predicted molar refractivity (Wildman–Crippen MR) is 408 cm³/mol. The van der Waals surface area contributed by atoms with Crippen molar-refractivity contribution in [3.05, 3.63) is 170 Å². The molecule has 0 heterocycles. The maximum absolute atomic E-state index is 13.1. The third-order valence-corrected chi connectivity index (χ3v) is 16.6. The topological polar surface area (TPSA) is 237 Å². The average Bonchev–Trinajstić information content (AvgIpc) is 0.953. The van der Waals surface area contributed by atoms with Gasteiger partial charge in [0, 0.05) is 19.3 Å². The van der Waals surface area contributed by atoms with E-state index < -0.39 is 97.5 Å². The lowest BCUT2D eigenvalue weighted by molar-refractivity contribution is -0.161. The first-order valence-corrected chi connectivity index (χ1v) is 40.4. The number of phosphoric ester groups is 2. The van der Waals surface area contributed by atoms with Crippen molar-refractivity contribution in [2.75, 3.05) is 39.6 Å². The predicted octanol–water partition coefficient (Wildman–Crippen LogP) is 21.4. The Labute approximate surface area is 603 Å². The Balaban J connectivity index is 5.46. The van der Waals surface area contributed by atoms with Crippen LogP contribution in [0.25, 0.3) is 0 Å². The summed E-state index contributed by atoms with van der Waals surface area (Å²) in [6, 6.07) is 0. The largest absolute Gasteiger partial charge is 0.472 e. The monoisotopic (exact) mass is 1440 g/mol. The van der Waals surface area contributed by atoms with Gasteiger partial charge in [0.25, 0.3) is 0 Å². The molecule has 3 N–H and O–H groups in total. The first-order valence-electron chi connectivity index (χ1n) is 37.4. The molecular formula is C81H130O17P2.